The van der Waals surface area contributed by atoms with Crippen molar-refractivity contribution in [2.75, 3.05) is 31.6 Å². The normalized spacial score (nSPS) is 10.6. The maximum Gasteiger partial charge on any atom is 0.271 e. The number of rotatable bonds is 11. The molecular weight excluding hydrogens is 450 g/mol. The molecule has 0 aliphatic heterocycles. The number of benzene rings is 2. The van der Waals surface area contributed by atoms with Gasteiger partial charge in [0.2, 0.25) is 0 Å². The van der Waals surface area contributed by atoms with Crippen molar-refractivity contribution in [3.05, 3.63) is 55.5 Å². The molecule has 2 aromatic rings. The fourth-order valence-corrected chi connectivity index (χ4v) is 3.40. The van der Waals surface area contributed by atoms with Gasteiger partial charge in [-0.3, -0.25) is 10.1 Å². The molecule has 0 aliphatic rings. The van der Waals surface area contributed by atoms with Gasteiger partial charge in [0.1, 0.15) is 0 Å². The second kappa shape index (κ2) is 11.1. The first-order valence-corrected chi connectivity index (χ1v) is 10.1. The third kappa shape index (κ3) is 6.25. The molecule has 2 rings (SSSR count). The zero-order valence-corrected chi connectivity index (χ0v) is 18.1. The minimum atomic E-state index is -0.470. The summed E-state index contributed by atoms with van der Waals surface area (Å²) in [6, 6.07) is 8.34. The largest absolute Gasteiger partial charge is 0.490 e. The molecule has 2 N–H and O–H groups in total. The topological polar surface area (TPSA) is 85.7 Å². The monoisotopic (exact) mass is 471 g/mol. The molecule has 9 heteroatoms. The molecule has 0 saturated heterocycles. The first kappa shape index (κ1) is 22.3. The van der Waals surface area contributed by atoms with Crippen molar-refractivity contribution in [2.45, 2.75) is 20.4 Å². The van der Waals surface area contributed by atoms with Crippen LogP contribution in [0.5, 0.6) is 11.5 Å². The molecule has 0 heterocycles. The molecule has 0 unspecified atom stereocenters. The minimum Gasteiger partial charge on any atom is -0.490 e. The Morgan fingerprint density at radius 3 is 2.54 bits per heavy atom. The molecule has 2 aromatic carbocycles. The highest BCUT2D eigenvalue weighted by atomic mass is 79.9. The molecule has 0 radical (unpaired) electrons. The number of nitro groups is 1. The van der Waals surface area contributed by atoms with Crippen LogP contribution in [0, 0.1) is 10.1 Å². The first-order chi connectivity index (χ1) is 13.5. The van der Waals surface area contributed by atoms with Crippen molar-refractivity contribution in [3.8, 4) is 11.5 Å². The molecule has 28 heavy (non-hydrogen) atoms. The van der Waals surface area contributed by atoms with Gasteiger partial charge < -0.3 is 20.1 Å². The van der Waals surface area contributed by atoms with Gasteiger partial charge in [-0.25, -0.2) is 0 Å². The SMILES string of the molecule is CCOc1cc(CNCCNc2ccc([N+](=O)[O-])cc2Cl)cc(Br)c1OCC. The van der Waals surface area contributed by atoms with Crippen LogP contribution in [-0.2, 0) is 6.54 Å². The lowest BCUT2D eigenvalue weighted by molar-refractivity contribution is -0.384. The van der Waals surface area contributed by atoms with E-state index in [0.717, 1.165) is 10.0 Å². The Balaban J connectivity index is 1.87. The van der Waals surface area contributed by atoms with Crippen LogP contribution >= 0.6 is 27.5 Å². The van der Waals surface area contributed by atoms with Gasteiger partial charge in [-0.15, -0.1) is 0 Å². The number of hydrogen-bond acceptors (Lipinski definition) is 6. The van der Waals surface area contributed by atoms with Crippen molar-refractivity contribution < 1.29 is 14.4 Å². The fraction of sp³-hybridized carbons (Fsp3) is 0.368. The lowest BCUT2D eigenvalue weighted by Crippen LogP contribution is -2.22. The zero-order chi connectivity index (χ0) is 20.5. The van der Waals surface area contributed by atoms with E-state index in [2.05, 4.69) is 26.6 Å². The molecule has 0 atom stereocenters. The van der Waals surface area contributed by atoms with E-state index in [1.54, 1.807) is 6.07 Å². The number of nitro benzene ring substituents is 1. The van der Waals surface area contributed by atoms with Crippen LogP contribution in [0.15, 0.2) is 34.8 Å². The van der Waals surface area contributed by atoms with Crippen molar-refractivity contribution in [3.63, 3.8) is 0 Å². The standard InChI is InChI=1S/C19H23BrClN3O4/c1-3-27-18-10-13(9-15(20)19(18)28-4-2)12-22-7-8-23-17-6-5-14(24(25)26)11-16(17)21/h5-6,9-11,22-23H,3-4,7-8,12H2,1-2H3. The predicted molar refractivity (Wildman–Crippen MR) is 115 cm³/mol. The highest BCUT2D eigenvalue weighted by molar-refractivity contribution is 9.10. The van der Waals surface area contributed by atoms with Crippen molar-refractivity contribution in [2.24, 2.45) is 0 Å². The van der Waals surface area contributed by atoms with Gasteiger partial charge in [-0.05, 0) is 53.5 Å². The molecular formula is C19H23BrClN3O4. The Labute approximate surface area is 177 Å². The number of non-ortho nitro benzene ring substituents is 1. The van der Waals surface area contributed by atoms with Crippen LogP contribution < -0.4 is 20.1 Å². The van der Waals surface area contributed by atoms with Gasteiger partial charge in [0.25, 0.3) is 5.69 Å². The van der Waals surface area contributed by atoms with E-state index in [1.165, 1.54) is 12.1 Å². The van der Waals surface area contributed by atoms with Crippen molar-refractivity contribution in [1.82, 2.24) is 5.32 Å². The second-order valence-electron chi connectivity index (χ2n) is 5.80. The summed E-state index contributed by atoms with van der Waals surface area (Å²) in [6.45, 7) is 6.94. The van der Waals surface area contributed by atoms with E-state index in [9.17, 15) is 10.1 Å². The number of ether oxygens (including phenoxy) is 2. The Kier molecular flexibility index (Phi) is 8.82. The van der Waals surface area contributed by atoms with Gasteiger partial charge >= 0.3 is 0 Å². The van der Waals surface area contributed by atoms with Gasteiger partial charge in [0, 0.05) is 31.8 Å². The average molecular weight is 473 g/mol. The molecule has 0 amide bonds. The molecule has 7 nitrogen and oxygen atoms in total. The van der Waals surface area contributed by atoms with Crippen molar-refractivity contribution >= 4 is 38.9 Å². The summed E-state index contributed by atoms with van der Waals surface area (Å²) in [4.78, 5) is 10.3. The Hall–Kier alpha value is -2.03. The third-order valence-corrected chi connectivity index (χ3v) is 4.67. The van der Waals surface area contributed by atoms with Gasteiger partial charge in [-0.1, -0.05) is 11.6 Å². The molecule has 0 bridgehead atoms. The maximum absolute atomic E-state index is 10.7. The number of nitrogens with one attached hydrogen (secondary N) is 2. The van der Waals surface area contributed by atoms with Crippen molar-refractivity contribution in [1.29, 1.82) is 0 Å². The van der Waals surface area contributed by atoms with E-state index in [1.807, 2.05) is 26.0 Å². The van der Waals surface area contributed by atoms with Crippen LogP contribution in [0.25, 0.3) is 0 Å². The first-order valence-electron chi connectivity index (χ1n) is 8.92. The molecule has 0 aromatic heterocycles. The summed E-state index contributed by atoms with van der Waals surface area (Å²) in [6.07, 6.45) is 0. The number of nitrogens with zero attached hydrogens (tertiary/aromatic N) is 1. The highest BCUT2D eigenvalue weighted by Gasteiger charge is 2.12. The molecule has 0 spiro atoms. The summed E-state index contributed by atoms with van der Waals surface area (Å²) in [5, 5.41) is 17.6. The van der Waals surface area contributed by atoms with E-state index < -0.39 is 4.92 Å². The summed E-state index contributed by atoms with van der Waals surface area (Å²) in [5.74, 6) is 1.42. The number of anilines is 1. The number of hydrogen-bond donors (Lipinski definition) is 2. The minimum absolute atomic E-state index is 0.0279. The summed E-state index contributed by atoms with van der Waals surface area (Å²) in [7, 11) is 0. The van der Waals surface area contributed by atoms with E-state index in [0.29, 0.717) is 55.1 Å². The van der Waals surface area contributed by atoms with E-state index in [4.69, 9.17) is 21.1 Å². The quantitative estimate of drug-likeness (QED) is 0.272. The van der Waals surface area contributed by atoms with Crippen LogP contribution in [-0.4, -0.2) is 31.2 Å². The number of halogens is 2. The van der Waals surface area contributed by atoms with Gasteiger partial charge in [-0.2, -0.15) is 0 Å². The highest BCUT2D eigenvalue weighted by Crippen LogP contribution is 2.37. The Bertz CT molecular complexity index is 820. The zero-order valence-electron chi connectivity index (χ0n) is 15.8. The van der Waals surface area contributed by atoms with Gasteiger partial charge in [0.15, 0.2) is 11.5 Å². The van der Waals surface area contributed by atoms with E-state index in [-0.39, 0.29) is 5.69 Å². The molecule has 152 valence electrons. The predicted octanol–water partition coefficient (Wildman–Crippen LogP) is 5.01. The molecule has 0 aliphatic carbocycles. The Morgan fingerprint density at radius 1 is 1.14 bits per heavy atom. The molecule has 0 saturated carbocycles. The summed E-state index contributed by atoms with van der Waals surface area (Å²) < 4.78 is 12.2. The van der Waals surface area contributed by atoms with E-state index >= 15 is 0 Å². The lowest BCUT2D eigenvalue weighted by Gasteiger charge is -2.15. The molecule has 0 fully saturated rings. The van der Waals surface area contributed by atoms with Crippen LogP contribution in [0.1, 0.15) is 19.4 Å². The van der Waals surface area contributed by atoms with Crippen LogP contribution in [0.2, 0.25) is 5.02 Å². The third-order valence-electron chi connectivity index (χ3n) is 3.77. The lowest BCUT2D eigenvalue weighted by atomic mass is 10.2. The Morgan fingerprint density at radius 2 is 1.89 bits per heavy atom. The van der Waals surface area contributed by atoms with Gasteiger partial charge in [0.05, 0.1) is 33.3 Å². The van der Waals surface area contributed by atoms with Crippen LogP contribution in [0.4, 0.5) is 11.4 Å². The van der Waals surface area contributed by atoms with Crippen LogP contribution in [0.3, 0.4) is 0 Å². The smallest absolute Gasteiger partial charge is 0.271 e. The average Bonchev–Trinajstić information content (AvgIpc) is 2.65. The summed E-state index contributed by atoms with van der Waals surface area (Å²) >= 11 is 9.61. The second-order valence-corrected chi connectivity index (χ2v) is 7.06. The summed E-state index contributed by atoms with van der Waals surface area (Å²) in [5.41, 5.74) is 1.70. The maximum atomic E-state index is 10.7. The fourth-order valence-electron chi connectivity index (χ4n) is 2.55.